The fourth-order valence-corrected chi connectivity index (χ4v) is 2.38. The molecule has 1 aromatic carbocycles. The molecule has 2 rings (SSSR count). The molecule has 0 bridgehead atoms. The lowest BCUT2D eigenvalue weighted by Crippen LogP contribution is -2.38. The highest BCUT2D eigenvalue weighted by Gasteiger charge is 2.26. The van der Waals surface area contributed by atoms with Gasteiger partial charge in [-0.3, -0.25) is 9.48 Å². The monoisotopic (exact) mass is 330 g/mol. The molecular weight excluding hydrogens is 304 g/mol. The number of nitrogens with one attached hydrogen (secondary N) is 2. The normalized spacial score (nSPS) is 13.3. The fourth-order valence-electron chi connectivity index (χ4n) is 2.38. The van der Waals surface area contributed by atoms with Gasteiger partial charge in [0.15, 0.2) is 0 Å². The third-order valence-corrected chi connectivity index (χ3v) is 3.94. The third-order valence-electron chi connectivity index (χ3n) is 3.94. The average Bonchev–Trinajstić information content (AvgIpc) is 3.01. The summed E-state index contributed by atoms with van der Waals surface area (Å²) in [6.45, 7) is 4.73. The number of hydrogen-bond acceptors (Lipinski definition) is 4. The summed E-state index contributed by atoms with van der Waals surface area (Å²) < 4.78 is 1.62. The van der Waals surface area contributed by atoms with Gasteiger partial charge in [0.05, 0.1) is 18.3 Å². The molecule has 1 aromatic heterocycles. The van der Waals surface area contributed by atoms with Crippen LogP contribution in [0.25, 0.3) is 0 Å². The molecule has 24 heavy (non-hydrogen) atoms. The summed E-state index contributed by atoms with van der Waals surface area (Å²) in [5.41, 5.74) is 0.883. The number of carbonyl (C=O) groups is 1. The maximum absolute atomic E-state index is 12.5. The van der Waals surface area contributed by atoms with Gasteiger partial charge in [0.2, 0.25) is 0 Å². The molecule has 0 saturated carbocycles. The highest BCUT2D eigenvalue weighted by molar-refractivity contribution is 5.99. The van der Waals surface area contributed by atoms with Crippen molar-refractivity contribution in [3.8, 4) is 0 Å². The Morgan fingerprint density at radius 2 is 2.12 bits per heavy atom. The Kier molecular flexibility index (Phi) is 5.98. The Morgan fingerprint density at radius 1 is 1.38 bits per heavy atom. The first-order chi connectivity index (χ1) is 11.4. The lowest BCUT2D eigenvalue weighted by atomic mass is 9.99. The van der Waals surface area contributed by atoms with Crippen LogP contribution in [0.3, 0.4) is 0 Å². The Labute approximate surface area is 142 Å². The first-order valence-electron chi connectivity index (χ1n) is 8.26. The fraction of sp³-hybridized carbons (Fsp3) is 0.444. The number of amides is 1. The zero-order valence-corrected chi connectivity index (χ0v) is 14.5. The van der Waals surface area contributed by atoms with E-state index in [2.05, 4.69) is 22.7 Å². The number of nitrogens with zero attached hydrogens (tertiary/aromatic N) is 2. The molecular formula is C18H26N4O2. The standard InChI is InChI=1S/C18H26N4O2/c1-4-5-10-19-16-9-7-6-8-15(16)17(23)20-13-18(2,24)14-11-21-22(3)12-14/h6-9,11-12,19,24H,4-5,10,13H2,1-3H3,(H,20,23). The van der Waals surface area contributed by atoms with E-state index in [0.717, 1.165) is 25.1 Å². The summed E-state index contributed by atoms with van der Waals surface area (Å²) in [5.74, 6) is -0.209. The van der Waals surface area contributed by atoms with Crippen molar-refractivity contribution in [3.63, 3.8) is 0 Å². The quantitative estimate of drug-likeness (QED) is 0.649. The molecule has 1 unspecified atom stereocenters. The highest BCUT2D eigenvalue weighted by Crippen LogP contribution is 2.20. The van der Waals surface area contributed by atoms with Gasteiger partial charge in [-0.15, -0.1) is 0 Å². The number of aromatic nitrogens is 2. The van der Waals surface area contributed by atoms with Gasteiger partial charge < -0.3 is 15.7 Å². The molecule has 0 spiro atoms. The van der Waals surface area contributed by atoms with E-state index in [1.165, 1.54) is 0 Å². The van der Waals surface area contributed by atoms with E-state index in [9.17, 15) is 9.90 Å². The van der Waals surface area contributed by atoms with Crippen molar-refractivity contribution in [2.75, 3.05) is 18.4 Å². The number of hydrogen-bond donors (Lipinski definition) is 3. The molecule has 0 aliphatic heterocycles. The van der Waals surface area contributed by atoms with E-state index in [-0.39, 0.29) is 12.5 Å². The van der Waals surface area contributed by atoms with Crippen molar-refractivity contribution in [3.05, 3.63) is 47.8 Å². The van der Waals surface area contributed by atoms with Crippen LogP contribution in [0.15, 0.2) is 36.7 Å². The predicted octanol–water partition coefficient (Wildman–Crippen LogP) is 2.27. The van der Waals surface area contributed by atoms with Gasteiger partial charge in [0.1, 0.15) is 5.60 Å². The van der Waals surface area contributed by atoms with E-state index in [4.69, 9.17) is 0 Å². The summed E-state index contributed by atoms with van der Waals surface area (Å²) in [5, 5.41) is 20.7. The number of unbranched alkanes of at least 4 members (excludes halogenated alkanes) is 1. The second-order valence-corrected chi connectivity index (χ2v) is 6.19. The average molecular weight is 330 g/mol. The molecule has 1 atom stereocenters. The van der Waals surface area contributed by atoms with Crippen LogP contribution in [0.5, 0.6) is 0 Å². The smallest absolute Gasteiger partial charge is 0.253 e. The largest absolute Gasteiger partial charge is 0.384 e. The lowest BCUT2D eigenvalue weighted by Gasteiger charge is -2.22. The molecule has 1 heterocycles. The van der Waals surface area contributed by atoms with E-state index in [0.29, 0.717) is 11.1 Å². The molecule has 0 aliphatic rings. The molecule has 0 radical (unpaired) electrons. The molecule has 6 nitrogen and oxygen atoms in total. The van der Waals surface area contributed by atoms with Gasteiger partial charge >= 0.3 is 0 Å². The van der Waals surface area contributed by atoms with Gasteiger partial charge in [-0.2, -0.15) is 5.10 Å². The van der Waals surface area contributed by atoms with Crippen LogP contribution in [0.4, 0.5) is 5.69 Å². The predicted molar refractivity (Wildman–Crippen MR) is 95.0 cm³/mol. The summed E-state index contributed by atoms with van der Waals surface area (Å²) in [7, 11) is 1.79. The first kappa shape index (κ1) is 18.0. The summed E-state index contributed by atoms with van der Waals surface area (Å²) in [6, 6.07) is 7.41. The maximum atomic E-state index is 12.5. The molecule has 0 aliphatic carbocycles. The van der Waals surface area contributed by atoms with Gasteiger partial charge in [-0.1, -0.05) is 25.5 Å². The Balaban J connectivity index is 2.02. The van der Waals surface area contributed by atoms with E-state index >= 15 is 0 Å². The Bertz CT molecular complexity index is 679. The van der Waals surface area contributed by atoms with E-state index < -0.39 is 5.60 Å². The van der Waals surface area contributed by atoms with E-state index in [1.807, 2.05) is 18.2 Å². The number of para-hydroxylation sites is 1. The van der Waals surface area contributed by atoms with Crippen LogP contribution in [0.2, 0.25) is 0 Å². The molecule has 2 aromatic rings. The van der Waals surface area contributed by atoms with Crippen molar-refractivity contribution >= 4 is 11.6 Å². The van der Waals surface area contributed by atoms with E-state index in [1.54, 1.807) is 37.1 Å². The van der Waals surface area contributed by atoms with Crippen molar-refractivity contribution in [1.29, 1.82) is 0 Å². The van der Waals surface area contributed by atoms with Crippen molar-refractivity contribution in [1.82, 2.24) is 15.1 Å². The number of carbonyl (C=O) groups excluding carboxylic acids is 1. The first-order valence-corrected chi connectivity index (χ1v) is 8.26. The molecule has 6 heteroatoms. The topological polar surface area (TPSA) is 79.2 Å². The zero-order chi connectivity index (χ0) is 17.6. The molecule has 1 amide bonds. The van der Waals surface area contributed by atoms with Crippen LogP contribution in [0.1, 0.15) is 42.6 Å². The molecule has 0 saturated heterocycles. The molecule has 130 valence electrons. The van der Waals surface area contributed by atoms with Gasteiger partial charge in [-0.25, -0.2) is 0 Å². The van der Waals surface area contributed by atoms with Gasteiger partial charge in [-0.05, 0) is 25.5 Å². The Hall–Kier alpha value is -2.34. The Morgan fingerprint density at radius 3 is 2.79 bits per heavy atom. The van der Waals surface area contributed by atoms with Crippen LogP contribution < -0.4 is 10.6 Å². The van der Waals surface area contributed by atoms with Crippen molar-refractivity contribution in [2.45, 2.75) is 32.3 Å². The van der Waals surface area contributed by atoms with Crippen LogP contribution in [0, 0.1) is 0 Å². The summed E-state index contributed by atoms with van der Waals surface area (Å²) in [6.07, 6.45) is 5.49. The van der Waals surface area contributed by atoms with Crippen molar-refractivity contribution in [2.24, 2.45) is 7.05 Å². The summed E-state index contributed by atoms with van der Waals surface area (Å²) in [4.78, 5) is 12.5. The van der Waals surface area contributed by atoms with Gasteiger partial charge in [0, 0.05) is 31.0 Å². The lowest BCUT2D eigenvalue weighted by molar-refractivity contribution is 0.0526. The van der Waals surface area contributed by atoms with Crippen molar-refractivity contribution < 1.29 is 9.90 Å². The zero-order valence-electron chi connectivity index (χ0n) is 14.5. The second-order valence-electron chi connectivity index (χ2n) is 6.19. The van der Waals surface area contributed by atoms with Crippen LogP contribution >= 0.6 is 0 Å². The van der Waals surface area contributed by atoms with Gasteiger partial charge in [0.25, 0.3) is 5.91 Å². The minimum absolute atomic E-state index is 0.112. The summed E-state index contributed by atoms with van der Waals surface area (Å²) >= 11 is 0. The minimum Gasteiger partial charge on any atom is -0.384 e. The third kappa shape index (κ3) is 4.58. The maximum Gasteiger partial charge on any atom is 0.253 e. The SMILES string of the molecule is CCCCNc1ccccc1C(=O)NCC(C)(O)c1cnn(C)c1. The van der Waals surface area contributed by atoms with Crippen LogP contribution in [-0.2, 0) is 12.6 Å². The number of aryl methyl sites for hydroxylation is 1. The second kappa shape index (κ2) is 7.97. The number of benzene rings is 1. The minimum atomic E-state index is -1.17. The van der Waals surface area contributed by atoms with Crippen LogP contribution in [-0.4, -0.2) is 33.9 Å². The molecule has 0 fully saturated rings. The number of anilines is 1. The molecule has 3 N–H and O–H groups in total. The highest BCUT2D eigenvalue weighted by atomic mass is 16.3. The number of aliphatic hydroxyl groups is 1. The number of rotatable bonds is 8.